The Hall–Kier alpha value is -2.18. The van der Waals surface area contributed by atoms with Crippen LogP contribution in [0, 0.1) is 0 Å². The lowest BCUT2D eigenvalue weighted by atomic mass is 9.97. The molecule has 2 heterocycles. The van der Waals surface area contributed by atoms with E-state index in [4.69, 9.17) is 16.1 Å². The molecule has 0 radical (unpaired) electrons. The third-order valence-corrected chi connectivity index (χ3v) is 5.47. The van der Waals surface area contributed by atoms with E-state index in [2.05, 4.69) is 26.1 Å². The molecule has 1 aromatic heterocycles. The van der Waals surface area contributed by atoms with Gasteiger partial charge >= 0.3 is 0 Å². The molecular formula is C20H17BrClN3O2. The number of aromatic nitrogens is 2. The van der Waals surface area contributed by atoms with Crippen molar-refractivity contribution in [2.75, 3.05) is 13.1 Å². The van der Waals surface area contributed by atoms with Crippen LogP contribution < -0.4 is 0 Å². The molecule has 1 atom stereocenters. The first kappa shape index (κ1) is 18.2. The molecule has 4 rings (SSSR count). The SMILES string of the molecule is O=C(c1ccc(Br)cc1)N1CCCC(c2nc(-c3ccc(Cl)cc3)no2)C1. The van der Waals surface area contributed by atoms with Gasteiger partial charge in [0.2, 0.25) is 11.7 Å². The zero-order chi connectivity index (χ0) is 18.8. The second-order valence-corrected chi connectivity index (χ2v) is 7.91. The van der Waals surface area contributed by atoms with Crippen molar-refractivity contribution < 1.29 is 9.32 Å². The van der Waals surface area contributed by atoms with Gasteiger partial charge in [0.05, 0.1) is 5.92 Å². The predicted molar refractivity (Wildman–Crippen MR) is 107 cm³/mol. The third-order valence-electron chi connectivity index (χ3n) is 4.69. The standard InChI is InChI=1S/C20H17BrClN3O2/c21-16-7-3-14(4-8-16)20(26)25-11-1-2-15(12-25)19-23-18(24-27-19)13-5-9-17(22)10-6-13/h3-10,15H,1-2,11-12H2. The van der Waals surface area contributed by atoms with Crippen molar-refractivity contribution in [3.8, 4) is 11.4 Å². The van der Waals surface area contributed by atoms with Gasteiger partial charge in [-0.05, 0) is 61.4 Å². The van der Waals surface area contributed by atoms with Crippen LogP contribution in [-0.2, 0) is 0 Å². The summed E-state index contributed by atoms with van der Waals surface area (Å²) in [6.07, 6.45) is 1.83. The number of nitrogens with zero attached hydrogens (tertiary/aromatic N) is 3. The van der Waals surface area contributed by atoms with Crippen molar-refractivity contribution in [2.24, 2.45) is 0 Å². The highest BCUT2D eigenvalue weighted by Gasteiger charge is 2.29. The molecule has 5 nitrogen and oxygen atoms in total. The molecule has 27 heavy (non-hydrogen) atoms. The fourth-order valence-electron chi connectivity index (χ4n) is 3.26. The quantitative estimate of drug-likeness (QED) is 0.557. The van der Waals surface area contributed by atoms with E-state index in [9.17, 15) is 4.79 Å². The molecule has 0 spiro atoms. The molecule has 1 fully saturated rings. The highest BCUT2D eigenvalue weighted by molar-refractivity contribution is 9.10. The molecule has 0 N–H and O–H groups in total. The topological polar surface area (TPSA) is 59.2 Å². The summed E-state index contributed by atoms with van der Waals surface area (Å²) in [6, 6.07) is 14.7. The number of amides is 1. The Morgan fingerprint density at radius 3 is 2.63 bits per heavy atom. The first-order valence-corrected chi connectivity index (χ1v) is 9.91. The average Bonchev–Trinajstić information content (AvgIpc) is 3.19. The third kappa shape index (κ3) is 4.06. The van der Waals surface area contributed by atoms with Crippen LogP contribution in [-0.4, -0.2) is 34.0 Å². The van der Waals surface area contributed by atoms with E-state index in [1.54, 1.807) is 12.1 Å². The van der Waals surface area contributed by atoms with Crippen molar-refractivity contribution in [1.82, 2.24) is 15.0 Å². The second-order valence-electron chi connectivity index (χ2n) is 6.56. The Balaban J connectivity index is 1.49. The Morgan fingerprint density at radius 1 is 1.15 bits per heavy atom. The summed E-state index contributed by atoms with van der Waals surface area (Å²) in [5, 5.41) is 4.75. The maximum absolute atomic E-state index is 12.8. The van der Waals surface area contributed by atoms with Crippen molar-refractivity contribution in [3.63, 3.8) is 0 Å². The Morgan fingerprint density at radius 2 is 1.89 bits per heavy atom. The highest BCUT2D eigenvalue weighted by atomic mass is 79.9. The van der Waals surface area contributed by atoms with Gasteiger partial charge in [0.25, 0.3) is 5.91 Å². The van der Waals surface area contributed by atoms with Crippen LogP contribution in [0.1, 0.15) is 35.0 Å². The molecule has 2 aromatic carbocycles. The summed E-state index contributed by atoms with van der Waals surface area (Å²) in [6.45, 7) is 1.32. The summed E-state index contributed by atoms with van der Waals surface area (Å²) in [7, 11) is 0. The monoisotopic (exact) mass is 445 g/mol. The van der Waals surface area contributed by atoms with Gasteiger partial charge in [-0.25, -0.2) is 0 Å². The number of hydrogen-bond acceptors (Lipinski definition) is 4. The maximum Gasteiger partial charge on any atom is 0.253 e. The Bertz CT molecular complexity index is 941. The molecule has 1 aliphatic heterocycles. The number of benzene rings is 2. The second kappa shape index (κ2) is 7.82. The lowest BCUT2D eigenvalue weighted by Gasteiger charge is -2.31. The number of rotatable bonds is 3. The molecule has 3 aromatic rings. The number of likely N-dealkylation sites (tertiary alicyclic amines) is 1. The van der Waals surface area contributed by atoms with E-state index in [1.165, 1.54) is 0 Å². The number of carbonyl (C=O) groups excluding carboxylic acids is 1. The van der Waals surface area contributed by atoms with Crippen LogP contribution in [0.15, 0.2) is 57.5 Å². The Kier molecular flexibility index (Phi) is 5.27. The van der Waals surface area contributed by atoms with Crippen molar-refractivity contribution in [2.45, 2.75) is 18.8 Å². The molecule has 7 heteroatoms. The summed E-state index contributed by atoms with van der Waals surface area (Å²) < 4.78 is 6.45. The fourth-order valence-corrected chi connectivity index (χ4v) is 3.65. The zero-order valence-corrected chi connectivity index (χ0v) is 16.8. The maximum atomic E-state index is 12.8. The summed E-state index contributed by atoms with van der Waals surface area (Å²) in [4.78, 5) is 19.2. The van der Waals surface area contributed by atoms with E-state index in [0.717, 1.165) is 29.4 Å². The number of piperidine rings is 1. The number of carbonyl (C=O) groups is 1. The number of halogens is 2. The molecule has 0 bridgehead atoms. The largest absolute Gasteiger partial charge is 0.339 e. The average molecular weight is 447 g/mol. The normalized spacial score (nSPS) is 17.1. The highest BCUT2D eigenvalue weighted by Crippen LogP contribution is 2.29. The van der Waals surface area contributed by atoms with E-state index >= 15 is 0 Å². The molecule has 0 saturated carbocycles. The minimum absolute atomic E-state index is 0.0321. The molecule has 0 aliphatic carbocycles. The van der Waals surface area contributed by atoms with Gasteiger partial charge in [-0.1, -0.05) is 32.7 Å². The molecule has 138 valence electrons. The number of hydrogen-bond donors (Lipinski definition) is 0. The molecular weight excluding hydrogens is 430 g/mol. The van der Waals surface area contributed by atoms with Crippen LogP contribution in [0.25, 0.3) is 11.4 Å². The van der Waals surface area contributed by atoms with Crippen LogP contribution in [0.3, 0.4) is 0 Å². The van der Waals surface area contributed by atoms with Gasteiger partial charge in [-0.2, -0.15) is 4.98 Å². The minimum Gasteiger partial charge on any atom is -0.339 e. The zero-order valence-electron chi connectivity index (χ0n) is 14.4. The molecule has 1 unspecified atom stereocenters. The molecule has 1 amide bonds. The van der Waals surface area contributed by atoms with Gasteiger partial charge in [0.15, 0.2) is 0 Å². The van der Waals surface area contributed by atoms with Crippen molar-refractivity contribution >= 4 is 33.4 Å². The van der Waals surface area contributed by atoms with Gasteiger partial charge in [-0.15, -0.1) is 0 Å². The fraction of sp³-hybridized carbons (Fsp3) is 0.250. The van der Waals surface area contributed by atoms with Gasteiger partial charge in [-0.3, -0.25) is 4.79 Å². The smallest absolute Gasteiger partial charge is 0.253 e. The van der Waals surface area contributed by atoms with E-state index in [0.29, 0.717) is 28.8 Å². The lowest BCUT2D eigenvalue weighted by molar-refractivity contribution is 0.0695. The van der Waals surface area contributed by atoms with Crippen LogP contribution in [0.5, 0.6) is 0 Å². The summed E-state index contributed by atoms with van der Waals surface area (Å²) >= 11 is 9.32. The minimum atomic E-state index is 0.0321. The lowest BCUT2D eigenvalue weighted by Crippen LogP contribution is -2.39. The first-order valence-electron chi connectivity index (χ1n) is 8.74. The molecule has 1 saturated heterocycles. The molecule has 1 aliphatic rings. The van der Waals surface area contributed by atoms with Gasteiger partial charge < -0.3 is 9.42 Å². The van der Waals surface area contributed by atoms with E-state index in [1.807, 2.05) is 41.3 Å². The summed E-state index contributed by atoms with van der Waals surface area (Å²) in [5.41, 5.74) is 1.54. The Labute approximate surface area is 170 Å². The van der Waals surface area contributed by atoms with Crippen LogP contribution in [0.2, 0.25) is 5.02 Å². The van der Waals surface area contributed by atoms with Crippen molar-refractivity contribution in [1.29, 1.82) is 0 Å². The first-order chi connectivity index (χ1) is 13.1. The van der Waals surface area contributed by atoms with Gasteiger partial charge in [0.1, 0.15) is 0 Å². The van der Waals surface area contributed by atoms with E-state index < -0.39 is 0 Å². The van der Waals surface area contributed by atoms with Crippen LogP contribution >= 0.6 is 27.5 Å². The van der Waals surface area contributed by atoms with E-state index in [-0.39, 0.29) is 11.8 Å². The van der Waals surface area contributed by atoms with Crippen molar-refractivity contribution in [3.05, 3.63) is 69.5 Å². The summed E-state index contributed by atoms with van der Waals surface area (Å²) in [5.74, 6) is 1.20. The predicted octanol–water partition coefficient (Wildman–Crippen LogP) is 5.17. The van der Waals surface area contributed by atoms with Gasteiger partial charge in [0, 0.05) is 33.7 Å². The van der Waals surface area contributed by atoms with Crippen LogP contribution in [0.4, 0.5) is 0 Å².